The van der Waals surface area contributed by atoms with Gasteiger partial charge in [-0.25, -0.2) is 9.78 Å². The number of nitrogens with two attached hydrogens (primary N) is 1. The molecule has 0 aromatic carbocycles. The summed E-state index contributed by atoms with van der Waals surface area (Å²) in [5, 5.41) is 1.38. The van der Waals surface area contributed by atoms with Gasteiger partial charge in [0.25, 0.3) is 0 Å². The van der Waals surface area contributed by atoms with E-state index in [9.17, 15) is 4.79 Å². The van der Waals surface area contributed by atoms with Crippen molar-refractivity contribution in [3.05, 3.63) is 18.2 Å². The highest BCUT2D eigenvalue weighted by Crippen LogP contribution is 2.01. The lowest BCUT2D eigenvalue weighted by Gasteiger charge is -2.16. The number of rotatable bonds is 4. The maximum absolute atomic E-state index is 11.5. The molecule has 86 valence electrons. The molecule has 7 heteroatoms. The topological polar surface area (TPSA) is 96.6 Å². The van der Waals surface area contributed by atoms with E-state index in [2.05, 4.69) is 15.0 Å². The van der Waals surface area contributed by atoms with Crippen molar-refractivity contribution in [2.24, 2.45) is 10.7 Å². The van der Waals surface area contributed by atoms with E-state index >= 15 is 0 Å². The van der Waals surface area contributed by atoms with Crippen molar-refractivity contribution in [1.82, 2.24) is 15.0 Å². The average molecular weight is 223 g/mol. The predicted molar refractivity (Wildman–Crippen MR) is 56.4 cm³/mol. The van der Waals surface area contributed by atoms with Gasteiger partial charge in [-0.2, -0.15) is 5.06 Å². The van der Waals surface area contributed by atoms with Gasteiger partial charge in [0, 0.05) is 18.3 Å². The number of nitrogens with zero attached hydrogens (tertiary/aromatic N) is 3. The van der Waals surface area contributed by atoms with Gasteiger partial charge in [0.2, 0.25) is 0 Å². The molecule has 2 rings (SSSR count). The lowest BCUT2D eigenvalue weighted by molar-refractivity contribution is -0.172. The van der Waals surface area contributed by atoms with Crippen molar-refractivity contribution in [2.45, 2.75) is 12.5 Å². The van der Waals surface area contributed by atoms with Gasteiger partial charge in [-0.3, -0.25) is 4.99 Å². The van der Waals surface area contributed by atoms with Crippen LogP contribution >= 0.6 is 0 Å². The van der Waals surface area contributed by atoms with Crippen LogP contribution in [0.3, 0.4) is 0 Å². The Morgan fingerprint density at radius 3 is 3.25 bits per heavy atom. The highest BCUT2D eigenvalue weighted by atomic mass is 16.7. The molecule has 0 radical (unpaired) electrons. The summed E-state index contributed by atoms with van der Waals surface area (Å²) in [6.45, 7) is 1.23. The zero-order chi connectivity index (χ0) is 11.4. The summed E-state index contributed by atoms with van der Waals surface area (Å²) in [6.07, 6.45) is 5.04. The molecule has 0 unspecified atom stereocenters. The number of hydrogen-bond acceptors (Lipinski definition) is 6. The van der Waals surface area contributed by atoms with E-state index in [1.807, 2.05) is 0 Å². The lowest BCUT2D eigenvalue weighted by atomic mass is 10.2. The number of imidazole rings is 1. The number of nitrogens with one attached hydrogen (secondary N) is 1. The van der Waals surface area contributed by atoms with Crippen LogP contribution in [0.5, 0.6) is 0 Å². The minimum Gasteiger partial charge on any atom is -0.348 e. The van der Waals surface area contributed by atoms with Gasteiger partial charge in [-0.05, 0) is 0 Å². The SMILES string of the molecule is N[C@@H](Cc1cnc[nH]1)C(=O)ON1C=NCC1. The second kappa shape index (κ2) is 4.75. The zero-order valence-electron chi connectivity index (χ0n) is 8.67. The fourth-order valence-electron chi connectivity index (χ4n) is 1.33. The molecule has 0 saturated heterocycles. The smallest absolute Gasteiger partial charge is 0.348 e. The molecule has 2 heterocycles. The van der Waals surface area contributed by atoms with E-state index in [0.29, 0.717) is 19.5 Å². The third-order valence-corrected chi connectivity index (χ3v) is 2.16. The van der Waals surface area contributed by atoms with Gasteiger partial charge in [0.1, 0.15) is 12.4 Å². The molecule has 0 bridgehead atoms. The molecule has 0 spiro atoms. The molecule has 3 N–H and O–H groups in total. The molecule has 1 aromatic rings. The molecule has 16 heavy (non-hydrogen) atoms. The number of hydrogen-bond donors (Lipinski definition) is 2. The summed E-state index contributed by atoms with van der Waals surface area (Å²) in [5.74, 6) is -0.469. The standard InChI is InChI=1S/C9H13N5O2/c10-8(3-7-4-12-5-13-7)9(15)16-14-2-1-11-6-14/h4-6,8H,1-3,10H2,(H,12,13)/t8-/m0/s1. The van der Waals surface area contributed by atoms with Crippen molar-refractivity contribution in [2.75, 3.05) is 13.1 Å². The second-order valence-corrected chi connectivity index (χ2v) is 3.46. The summed E-state index contributed by atoms with van der Waals surface area (Å²) in [5.41, 5.74) is 6.50. The Hall–Kier alpha value is -1.89. The Balaban J connectivity index is 1.82. The van der Waals surface area contributed by atoms with Gasteiger partial charge in [-0.1, -0.05) is 0 Å². The Bertz CT molecular complexity index is 375. The molecule has 0 amide bonds. The number of carbonyl (C=O) groups excluding carboxylic acids is 1. The van der Waals surface area contributed by atoms with Crippen molar-refractivity contribution in [3.63, 3.8) is 0 Å². The fraction of sp³-hybridized carbons (Fsp3) is 0.444. The first kappa shape index (κ1) is 10.6. The number of carbonyl (C=O) groups is 1. The lowest BCUT2D eigenvalue weighted by Crippen LogP contribution is -2.38. The molecule has 1 aliphatic heterocycles. The average Bonchev–Trinajstić information content (AvgIpc) is 2.90. The van der Waals surface area contributed by atoms with Crippen LogP contribution < -0.4 is 5.73 Å². The summed E-state index contributed by atoms with van der Waals surface area (Å²) >= 11 is 0. The maximum atomic E-state index is 11.5. The summed E-state index contributed by atoms with van der Waals surface area (Å²) in [6, 6.07) is -0.700. The fourth-order valence-corrected chi connectivity index (χ4v) is 1.33. The van der Waals surface area contributed by atoms with E-state index in [-0.39, 0.29) is 0 Å². The van der Waals surface area contributed by atoms with E-state index < -0.39 is 12.0 Å². The van der Waals surface area contributed by atoms with Crippen LogP contribution in [0, 0.1) is 0 Å². The van der Waals surface area contributed by atoms with Gasteiger partial charge in [-0.15, -0.1) is 0 Å². The molecule has 1 aromatic heterocycles. The van der Waals surface area contributed by atoms with Crippen LogP contribution in [-0.2, 0) is 16.1 Å². The molecule has 7 nitrogen and oxygen atoms in total. The van der Waals surface area contributed by atoms with Crippen LogP contribution in [-0.4, -0.2) is 46.5 Å². The Labute approximate surface area is 92.3 Å². The van der Waals surface area contributed by atoms with E-state index in [0.717, 1.165) is 5.69 Å². The molecular formula is C9H13N5O2. The van der Waals surface area contributed by atoms with Crippen molar-refractivity contribution in [3.8, 4) is 0 Å². The minimum absolute atomic E-state index is 0.379. The quantitative estimate of drug-likeness (QED) is 0.688. The number of aromatic amines is 1. The van der Waals surface area contributed by atoms with Gasteiger partial charge in [0.15, 0.2) is 0 Å². The summed E-state index contributed by atoms with van der Waals surface area (Å²) in [7, 11) is 0. The second-order valence-electron chi connectivity index (χ2n) is 3.46. The molecule has 1 atom stereocenters. The highest BCUT2D eigenvalue weighted by Gasteiger charge is 2.20. The van der Waals surface area contributed by atoms with Gasteiger partial charge in [0.05, 0.1) is 19.4 Å². The van der Waals surface area contributed by atoms with Crippen molar-refractivity contribution < 1.29 is 9.63 Å². The molecular weight excluding hydrogens is 210 g/mol. The Kier molecular flexibility index (Phi) is 3.16. The van der Waals surface area contributed by atoms with Crippen LogP contribution in [0.2, 0.25) is 0 Å². The molecule has 0 saturated carbocycles. The Morgan fingerprint density at radius 1 is 1.75 bits per heavy atom. The van der Waals surface area contributed by atoms with E-state index in [4.69, 9.17) is 10.6 Å². The van der Waals surface area contributed by atoms with Gasteiger partial charge < -0.3 is 15.6 Å². The van der Waals surface area contributed by atoms with Crippen molar-refractivity contribution in [1.29, 1.82) is 0 Å². The van der Waals surface area contributed by atoms with Crippen LogP contribution in [0.4, 0.5) is 0 Å². The first-order valence-corrected chi connectivity index (χ1v) is 4.97. The predicted octanol–water partition coefficient (Wildman–Crippen LogP) is -0.918. The number of aliphatic imine (C=N–C) groups is 1. The van der Waals surface area contributed by atoms with E-state index in [1.54, 1.807) is 12.5 Å². The first-order valence-electron chi connectivity index (χ1n) is 4.97. The molecule has 1 aliphatic rings. The van der Waals surface area contributed by atoms with Crippen LogP contribution in [0.15, 0.2) is 17.5 Å². The monoisotopic (exact) mass is 223 g/mol. The minimum atomic E-state index is -0.700. The summed E-state index contributed by atoms with van der Waals surface area (Å²) in [4.78, 5) is 27.2. The third-order valence-electron chi connectivity index (χ3n) is 2.16. The van der Waals surface area contributed by atoms with E-state index in [1.165, 1.54) is 11.4 Å². The molecule has 0 aliphatic carbocycles. The first-order chi connectivity index (χ1) is 7.75. The number of H-pyrrole nitrogens is 1. The van der Waals surface area contributed by atoms with Gasteiger partial charge >= 0.3 is 5.97 Å². The highest BCUT2D eigenvalue weighted by molar-refractivity contribution is 5.76. The number of aromatic nitrogens is 2. The number of hydroxylamine groups is 2. The summed E-state index contributed by atoms with van der Waals surface area (Å²) < 4.78 is 0. The van der Waals surface area contributed by atoms with Crippen LogP contribution in [0.25, 0.3) is 0 Å². The largest absolute Gasteiger partial charge is 0.349 e. The molecule has 0 fully saturated rings. The third kappa shape index (κ3) is 2.57. The van der Waals surface area contributed by atoms with Crippen LogP contribution in [0.1, 0.15) is 5.69 Å². The zero-order valence-corrected chi connectivity index (χ0v) is 8.67. The maximum Gasteiger partial charge on any atom is 0.349 e. The Morgan fingerprint density at radius 2 is 2.62 bits per heavy atom. The normalized spacial score (nSPS) is 16.4. The van der Waals surface area contributed by atoms with Crippen molar-refractivity contribution >= 4 is 12.3 Å².